The van der Waals surface area contributed by atoms with Crippen molar-refractivity contribution in [1.82, 2.24) is 0 Å². The molecule has 1 N–H and O–H groups in total. The van der Waals surface area contributed by atoms with E-state index in [1.165, 1.54) is 128 Å². The summed E-state index contributed by atoms with van der Waals surface area (Å²) >= 11 is 0. The molecule has 0 heterocycles. The van der Waals surface area contributed by atoms with Gasteiger partial charge in [-0.15, -0.1) is 0 Å². The molecule has 0 bridgehead atoms. The number of unbranched alkanes of at least 4 members (excludes halogenated alkanes) is 26. The Kier molecular flexibility index (Phi) is 65.3. The quantitative estimate of drug-likeness (QED) is 0.0211. The molecule has 9 heteroatoms. The maximum atomic E-state index is 13.0. The van der Waals surface area contributed by atoms with Gasteiger partial charge < -0.3 is 28.5 Å². The van der Waals surface area contributed by atoms with Crippen LogP contribution in [0, 0.1) is 0 Å². The van der Waals surface area contributed by atoms with Crippen molar-refractivity contribution in [3.8, 4) is 0 Å². The van der Waals surface area contributed by atoms with Crippen LogP contribution < -0.4 is 0 Å². The number of carbonyl (C=O) groups is 3. The molecule has 0 aliphatic carbocycles. The highest BCUT2D eigenvalue weighted by Gasteiger charge is 2.25. The van der Waals surface area contributed by atoms with Crippen LogP contribution in [0.15, 0.2) is 146 Å². The second-order valence-electron chi connectivity index (χ2n) is 24.8. The van der Waals surface area contributed by atoms with Crippen molar-refractivity contribution in [2.24, 2.45) is 0 Å². The maximum absolute atomic E-state index is 13.0. The molecule has 0 aromatic rings. The average Bonchev–Trinajstić information content (AvgIpc) is 3.71. The summed E-state index contributed by atoms with van der Waals surface area (Å²) in [5.41, 5.74) is 0. The van der Waals surface area contributed by atoms with Gasteiger partial charge in [0.1, 0.15) is 13.2 Å². The Morgan fingerprint density at radius 1 is 0.337 bits per heavy atom. The molecule has 2 atom stereocenters. The molecule has 0 radical (unpaired) electrons. The fraction of sp³-hybridized carbons (Fsp3) is 0.662. The van der Waals surface area contributed by atoms with E-state index < -0.39 is 24.3 Å². The molecule has 0 spiro atoms. The van der Waals surface area contributed by atoms with Crippen molar-refractivity contribution in [1.29, 1.82) is 0 Å². The highest BCUT2D eigenvalue weighted by atomic mass is 16.7. The van der Waals surface area contributed by atoms with Gasteiger partial charge in [-0.3, -0.25) is 9.59 Å². The normalized spacial score (nSPS) is 13.6. The third-order valence-corrected chi connectivity index (χ3v) is 15.1. The number of hydrogen-bond acceptors (Lipinski definition) is 7. The fourth-order valence-electron chi connectivity index (χ4n) is 9.67. The molecule has 89 heavy (non-hydrogen) atoms. The average molecular weight is 1240 g/mol. The van der Waals surface area contributed by atoms with Crippen molar-refractivity contribution in [2.45, 2.75) is 296 Å². The second-order valence-corrected chi connectivity index (χ2v) is 24.8. The molecule has 0 amide bonds. The molecule has 9 nitrogen and oxygen atoms in total. The predicted octanol–water partition coefficient (Wildman–Crippen LogP) is 22.7. The van der Waals surface area contributed by atoms with E-state index in [0.717, 1.165) is 122 Å². The monoisotopic (exact) mass is 1240 g/mol. The molecule has 506 valence electrons. The van der Waals surface area contributed by atoms with Gasteiger partial charge in [-0.05, 0) is 116 Å². The molecule has 0 aromatic heterocycles. The summed E-state index contributed by atoms with van der Waals surface area (Å²) in [6.07, 6.45) is 98.2. The van der Waals surface area contributed by atoms with Crippen LogP contribution in [0.2, 0.25) is 0 Å². The summed E-state index contributed by atoms with van der Waals surface area (Å²) in [5.74, 6) is -2.02. The minimum Gasteiger partial charge on any atom is -0.477 e. The third kappa shape index (κ3) is 70.5. The minimum absolute atomic E-state index is 0.179. The van der Waals surface area contributed by atoms with Crippen LogP contribution in [0.4, 0.5) is 0 Å². The Hall–Kier alpha value is -4.83. The molecule has 0 aliphatic heterocycles. The van der Waals surface area contributed by atoms with Crippen molar-refractivity contribution < 1.29 is 42.9 Å². The van der Waals surface area contributed by atoms with Crippen LogP contribution >= 0.6 is 0 Å². The molecule has 0 saturated carbocycles. The third-order valence-electron chi connectivity index (χ3n) is 15.1. The number of nitrogens with zero attached hydrogens (tertiary/aromatic N) is 1. The van der Waals surface area contributed by atoms with Gasteiger partial charge in [-0.1, -0.05) is 301 Å². The first-order valence-corrected chi connectivity index (χ1v) is 36.0. The lowest BCUT2D eigenvalue weighted by atomic mass is 10.0. The van der Waals surface area contributed by atoms with Gasteiger partial charge in [-0.2, -0.15) is 0 Å². The maximum Gasteiger partial charge on any atom is 0.361 e. The zero-order valence-corrected chi connectivity index (χ0v) is 57.8. The summed E-state index contributed by atoms with van der Waals surface area (Å²) in [6.45, 7) is 4.64. The predicted molar refractivity (Wildman–Crippen MR) is 382 cm³/mol. The number of quaternary nitrogens is 1. The number of hydrogen-bond donors (Lipinski definition) is 1. The molecule has 0 fully saturated rings. The Morgan fingerprint density at radius 3 is 0.899 bits per heavy atom. The van der Waals surface area contributed by atoms with Crippen LogP contribution in [0.25, 0.3) is 0 Å². The molecular formula is C80H134NO8+. The Bertz CT molecular complexity index is 1970. The SMILES string of the molecule is CC/C=C\C/C=C\C/C=C\C/C=C\C/C=C\C/C=C\C/C=C\CCCCCCCCCC(=O)OC(COC(=O)CCCCCCCCCCCCCCCCCCCCC/C=C\C/C=C\C/C=C\C/C=C\C/C=C\CC)COC(OCC[N+](C)(C)C)C(=O)O. The van der Waals surface area contributed by atoms with Crippen molar-refractivity contribution in [2.75, 3.05) is 47.5 Å². The number of aliphatic carboxylic acids is 1. The topological polar surface area (TPSA) is 108 Å². The summed E-state index contributed by atoms with van der Waals surface area (Å²) in [6, 6.07) is 0. The first kappa shape index (κ1) is 84.2. The van der Waals surface area contributed by atoms with Gasteiger partial charge in [0.2, 0.25) is 0 Å². The first-order chi connectivity index (χ1) is 43.6. The minimum atomic E-state index is -1.52. The Balaban J connectivity index is 4.13. The molecule has 0 saturated heterocycles. The zero-order valence-electron chi connectivity index (χ0n) is 57.8. The number of allylic oxidation sites excluding steroid dienone is 24. The van der Waals surface area contributed by atoms with E-state index in [4.69, 9.17) is 18.9 Å². The molecule has 0 aromatic carbocycles. The molecule has 2 unspecified atom stereocenters. The Labute approximate surface area is 547 Å². The lowest BCUT2D eigenvalue weighted by molar-refractivity contribution is -0.870. The number of carbonyl (C=O) groups excluding carboxylic acids is 2. The largest absolute Gasteiger partial charge is 0.477 e. The van der Waals surface area contributed by atoms with Gasteiger partial charge in [0.25, 0.3) is 6.29 Å². The van der Waals surface area contributed by atoms with Crippen LogP contribution in [0.5, 0.6) is 0 Å². The van der Waals surface area contributed by atoms with E-state index in [1.54, 1.807) is 0 Å². The lowest BCUT2D eigenvalue weighted by Gasteiger charge is -2.25. The van der Waals surface area contributed by atoms with E-state index in [-0.39, 0.29) is 32.2 Å². The summed E-state index contributed by atoms with van der Waals surface area (Å²) in [4.78, 5) is 37.7. The van der Waals surface area contributed by atoms with Gasteiger partial charge in [-0.25, -0.2) is 4.79 Å². The summed E-state index contributed by atoms with van der Waals surface area (Å²) in [7, 11) is 5.97. The van der Waals surface area contributed by atoms with Gasteiger partial charge in [0.05, 0.1) is 34.4 Å². The summed E-state index contributed by atoms with van der Waals surface area (Å²) < 4.78 is 23.0. The van der Waals surface area contributed by atoms with Crippen molar-refractivity contribution in [3.05, 3.63) is 146 Å². The van der Waals surface area contributed by atoms with Crippen molar-refractivity contribution >= 4 is 17.9 Å². The molecule has 0 aliphatic rings. The van der Waals surface area contributed by atoms with E-state index in [9.17, 15) is 19.5 Å². The highest BCUT2D eigenvalue weighted by molar-refractivity contribution is 5.71. The summed E-state index contributed by atoms with van der Waals surface area (Å²) in [5, 5.41) is 9.75. The zero-order chi connectivity index (χ0) is 64.7. The van der Waals surface area contributed by atoms with E-state index in [2.05, 4.69) is 160 Å². The molecule has 0 rings (SSSR count). The van der Waals surface area contributed by atoms with E-state index >= 15 is 0 Å². The smallest absolute Gasteiger partial charge is 0.361 e. The van der Waals surface area contributed by atoms with Crippen LogP contribution in [-0.4, -0.2) is 87.4 Å². The van der Waals surface area contributed by atoms with Crippen molar-refractivity contribution in [3.63, 3.8) is 0 Å². The van der Waals surface area contributed by atoms with Gasteiger partial charge in [0, 0.05) is 12.8 Å². The second kappa shape index (κ2) is 69.1. The number of rotatable bonds is 65. The van der Waals surface area contributed by atoms with Crippen LogP contribution in [0.1, 0.15) is 284 Å². The number of carboxylic acid groups (broad SMARTS) is 1. The number of carboxylic acids is 1. The number of ether oxygens (including phenoxy) is 4. The first-order valence-electron chi connectivity index (χ1n) is 36.0. The number of esters is 2. The van der Waals surface area contributed by atoms with E-state index in [1.807, 2.05) is 21.1 Å². The van der Waals surface area contributed by atoms with E-state index in [0.29, 0.717) is 23.9 Å². The van der Waals surface area contributed by atoms with Crippen LogP contribution in [0.3, 0.4) is 0 Å². The highest BCUT2D eigenvalue weighted by Crippen LogP contribution is 2.17. The fourth-order valence-corrected chi connectivity index (χ4v) is 9.67. The standard InChI is InChI=1S/C80H133NO8/c1-6-8-10-12-14-16-18-20-22-24-26-28-30-32-34-36-37-38-39-40-41-43-44-46-48-50-52-54-56-58-60-62-64-66-68-70-77(82)87-74-76(75-88-80(79(84)85)86-73-72-81(3,4)5)89-78(83)71-69-67-65-63-61-59-57-55-53-51-49-47-45-42-35-33-31-29-27-25-23-21-19-17-15-13-11-9-7-2/h8-11,14-17,20-23,26-29,32-35,45,47,51,53,76,80H,6-7,12-13,18-19,24-25,30-31,36-44,46,48-50,52,54-75H2,1-5H3/p+1/b10-8-,11-9-,16-14-,17-15-,22-20-,23-21-,28-26-,29-27-,34-32-,35-33-,47-45-,53-51-. The Morgan fingerprint density at radius 2 is 0.607 bits per heavy atom. The van der Waals surface area contributed by atoms with Crippen LogP contribution in [-0.2, 0) is 33.3 Å². The lowest BCUT2D eigenvalue weighted by Crippen LogP contribution is -2.40. The number of likely N-dealkylation sites (N-methyl/N-ethyl adjacent to an activating group) is 1. The van der Waals surface area contributed by atoms with Gasteiger partial charge >= 0.3 is 17.9 Å². The van der Waals surface area contributed by atoms with Gasteiger partial charge in [0.15, 0.2) is 6.10 Å². The molecular weight excluding hydrogens is 1100 g/mol.